The van der Waals surface area contributed by atoms with Crippen LogP contribution in [0.4, 0.5) is 0 Å². The van der Waals surface area contributed by atoms with Gasteiger partial charge in [-0.25, -0.2) is 0 Å². The van der Waals surface area contributed by atoms with Crippen molar-refractivity contribution in [1.82, 2.24) is 5.32 Å². The maximum atomic E-state index is 6.16. The van der Waals surface area contributed by atoms with E-state index in [-0.39, 0.29) is 0 Å². The first-order valence-corrected chi connectivity index (χ1v) is 8.18. The molecule has 0 aliphatic heterocycles. The van der Waals surface area contributed by atoms with Gasteiger partial charge in [0.15, 0.2) is 0 Å². The fourth-order valence-corrected chi connectivity index (χ4v) is 4.02. The second-order valence-corrected chi connectivity index (χ2v) is 7.30. The van der Waals surface area contributed by atoms with Crippen molar-refractivity contribution in [2.24, 2.45) is 11.3 Å². The van der Waals surface area contributed by atoms with E-state index in [9.17, 15) is 0 Å². The molecule has 2 unspecified atom stereocenters. The number of hydrogen-bond donors (Lipinski definition) is 1. The van der Waals surface area contributed by atoms with Crippen molar-refractivity contribution in [2.75, 3.05) is 7.05 Å². The Bertz CT molecular complexity index is 626. The standard InChI is InChI=1S/C19H27NO/c1-13-8-9-16-14(11-13)12-17(21-16)18(20-4)15-7-5-6-10-19(15,2)3/h8-9,11-12,15,18,20H,5-7,10H2,1-4H3. The van der Waals surface area contributed by atoms with Gasteiger partial charge in [0.1, 0.15) is 11.3 Å². The van der Waals surface area contributed by atoms with E-state index < -0.39 is 0 Å². The van der Waals surface area contributed by atoms with Crippen LogP contribution in [0.5, 0.6) is 0 Å². The van der Waals surface area contributed by atoms with E-state index in [1.807, 2.05) is 0 Å². The molecule has 2 nitrogen and oxygen atoms in total. The molecule has 3 rings (SSSR count). The number of rotatable bonds is 3. The second kappa shape index (κ2) is 5.49. The third-order valence-corrected chi connectivity index (χ3v) is 5.30. The van der Waals surface area contributed by atoms with Gasteiger partial charge in [-0.3, -0.25) is 0 Å². The van der Waals surface area contributed by atoms with Crippen LogP contribution in [0, 0.1) is 18.3 Å². The lowest BCUT2D eigenvalue weighted by Gasteiger charge is -2.42. The number of benzene rings is 1. The highest BCUT2D eigenvalue weighted by Gasteiger charge is 2.38. The zero-order chi connectivity index (χ0) is 15.0. The molecule has 1 aromatic heterocycles. The number of fused-ring (bicyclic) bond motifs is 1. The van der Waals surface area contributed by atoms with Crippen LogP contribution >= 0.6 is 0 Å². The maximum absolute atomic E-state index is 6.16. The Morgan fingerprint density at radius 1 is 1.24 bits per heavy atom. The van der Waals surface area contributed by atoms with Gasteiger partial charge in [0.2, 0.25) is 0 Å². The van der Waals surface area contributed by atoms with Gasteiger partial charge in [-0.05, 0) is 56.3 Å². The summed E-state index contributed by atoms with van der Waals surface area (Å²) in [7, 11) is 2.06. The quantitative estimate of drug-likeness (QED) is 0.836. The van der Waals surface area contributed by atoms with Crippen molar-refractivity contribution < 1.29 is 4.42 Å². The number of hydrogen-bond acceptors (Lipinski definition) is 2. The monoisotopic (exact) mass is 285 g/mol. The van der Waals surface area contributed by atoms with Crippen LogP contribution in [0.25, 0.3) is 11.0 Å². The first-order chi connectivity index (χ1) is 10.0. The first-order valence-electron chi connectivity index (χ1n) is 8.18. The summed E-state index contributed by atoms with van der Waals surface area (Å²) in [5.74, 6) is 1.73. The Morgan fingerprint density at radius 2 is 2.05 bits per heavy atom. The highest BCUT2D eigenvalue weighted by Crippen LogP contribution is 2.47. The predicted molar refractivity (Wildman–Crippen MR) is 88.5 cm³/mol. The van der Waals surface area contributed by atoms with Gasteiger partial charge in [0, 0.05) is 5.39 Å². The SMILES string of the molecule is CNC(c1cc2cc(C)ccc2o1)C1CCCCC1(C)C. The fourth-order valence-electron chi connectivity index (χ4n) is 4.02. The number of furan rings is 1. The van der Waals surface area contributed by atoms with Crippen LogP contribution in [0.1, 0.15) is 56.9 Å². The molecule has 21 heavy (non-hydrogen) atoms. The zero-order valence-corrected chi connectivity index (χ0v) is 13.7. The summed E-state index contributed by atoms with van der Waals surface area (Å²) in [5.41, 5.74) is 2.67. The molecule has 1 aromatic carbocycles. The molecule has 1 aliphatic rings. The normalized spacial score (nSPS) is 23.3. The van der Waals surface area contributed by atoms with Gasteiger partial charge in [-0.2, -0.15) is 0 Å². The first kappa shape index (κ1) is 14.6. The Kier molecular flexibility index (Phi) is 3.83. The molecule has 1 aliphatic carbocycles. The van der Waals surface area contributed by atoms with E-state index >= 15 is 0 Å². The van der Waals surface area contributed by atoms with E-state index in [2.05, 4.69) is 57.4 Å². The number of aryl methyl sites for hydroxylation is 1. The minimum atomic E-state index is 0.313. The summed E-state index contributed by atoms with van der Waals surface area (Å²) in [6.07, 6.45) is 5.30. The van der Waals surface area contributed by atoms with Crippen LogP contribution in [0.3, 0.4) is 0 Å². The third-order valence-electron chi connectivity index (χ3n) is 5.30. The summed E-state index contributed by atoms with van der Waals surface area (Å²) in [6, 6.07) is 8.96. The molecule has 0 spiro atoms. The smallest absolute Gasteiger partial charge is 0.134 e. The van der Waals surface area contributed by atoms with Crippen LogP contribution in [-0.2, 0) is 0 Å². The summed E-state index contributed by atoms with van der Waals surface area (Å²) in [5, 5.41) is 4.75. The minimum Gasteiger partial charge on any atom is -0.459 e. The predicted octanol–water partition coefficient (Wildman–Crippen LogP) is 5.22. The molecule has 1 saturated carbocycles. The Balaban J connectivity index is 1.97. The van der Waals surface area contributed by atoms with Crippen molar-refractivity contribution in [1.29, 1.82) is 0 Å². The molecule has 1 fully saturated rings. The average Bonchev–Trinajstić information content (AvgIpc) is 2.84. The van der Waals surface area contributed by atoms with Crippen molar-refractivity contribution in [3.05, 3.63) is 35.6 Å². The molecule has 2 atom stereocenters. The third kappa shape index (κ3) is 2.74. The average molecular weight is 285 g/mol. The largest absolute Gasteiger partial charge is 0.459 e. The maximum Gasteiger partial charge on any atom is 0.134 e. The van der Waals surface area contributed by atoms with E-state index in [1.165, 1.54) is 36.6 Å². The molecule has 2 heteroatoms. The summed E-state index contributed by atoms with van der Waals surface area (Å²) in [4.78, 5) is 0. The Morgan fingerprint density at radius 3 is 2.76 bits per heavy atom. The highest BCUT2D eigenvalue weighted by molar-refractivity contribution is 5.78. The van der Waals surface area contributed by atoms with Gasteiger partial charge >= 0.3 is 0 Å². The lowest BCUT2D eigenvalue weighted by Crippen LogP contribution is -2.37. The van der Waals surface area contributed by atoms with Gasteiger partial charge in [0.25, 0.3) is 0 Å². The van der Waals surface area contributed by atoms with Gasteiger partial charge in [-0.15, -0.1) is 0 Å². The van der Waals surface area contributed by atoms with E-state index in [0.717, 1.165) is 11.3 Å². The van der Waals surface area contributed by atoms with Gasteiger partial charge in [-0.1, -0.05) is 38.3 Å². The topological polar surface area (TPSA) is 25.2 Å². The van der Waals surface area contributed by atoms with E-state index in [4.69, 9.17) is 4.42 Å². The van der Waals surface area contributed by atoms with Gasteiger partial charge in [0.05, 0.1) is 6.04 Å². The molecule has 0 radical (unpaired) electrons. The summed E-state index contributed by atoms with van der Waals surface area (Å²) < 4.78 is 6.16. The molecule has 0 amide bonds. The molecule has 0 bridgehead atoms. The van der Waals surface area contributed by atoms with Crippen molar-refractivity contribution in [3.63, 3.8) is 0 Å². The molecule has 0 saturated heterocycles. The second-order valence-electron chi connectivity index (χ2n) is 7.30. The van der Waals surface area contributed by atoms with Crippen molar-refractivity contribution >= 4 is 11.0 Å². The lowest BCUT2D eigenvalue weighted by atomic mass is 9.65. The molecular weight excluding hydrogens is 258 g/mol. The Labute approximate surface area is 127 Å². The van der Waals surface area contributed by atoms with Crippen LogP contribution in [0.2, 0.25) is 0 Å². The highest BCUT2D eigenvalue weighted by atomic mass is 16.3. The molecule has 1 heterocycles. The van der Waals surface area contributed by atoms with Crippen LogP contribution in [-0.4, -0.2) is 7.05 Å². The number of nitrogens with one attached hydrogen (secondary N) is 1. The van der Waals surface area contributed by atoms with Gasteiger partial charge < -0.3 is 9.73 Å². The Hall–Kier alpha value is -1.28. The zero-order valence-electron chi connectivity index (χ0n) is 13.7. The lowest BCUT2D eigenvalue weighted by molar-refractivity contribution is 0.0933. The van der Waals surface area contributed by atoms with E-state index in [0.29, 0.717) is 17.4 Å². The summed E-state index contributed by atoms with van der Waals surface area (Å²) >= 11 is 0. The van der Waals surface area contributed by atoms with Crippen LogP contribution < -0.4 is 5.32 Å². The van der Waals surface area contributed by atoms with Crippen molar-refractivity contribution in [3.8, 4) is 0 Å². The molecule has 2 aromatic rings. The molecular formula is C19H27NO. The fraction of sp³-hybridized carbons (Fsp3) is 0.579. The molecule has 114 valence electrons. The molecule has 1 N–H and O–H groups in total. The van der Waals surface area contributed by atoms with E-state index in [1.54, 1.807) is 0 Å². The van der Waals surface area contributed by atoms with Crippen LogP contribution in [0.15, 0.2) is 28.7 Å². The minimum absolute atomic E-state index is 0.313. The van der Waals surface area contributed by atoms with Crippen molar-refractivity contribution in [2.45, 2.75) is 52.5 Å². The summed E-state index contributed by atoms with van der Waals surface area (Å²) in [6.45, 7) is 6.95.